The van der Waals surface area contributed by atoms with Crippen LogP contribution in [0.4, 0.5) is 5.69 Å². The van der Waals surface area contributed by atoms with E-state index in [1.54, 1.807) is 12.1 Å². The molecule has 0 atom stereocenters. The van der Waals surface area contributed by atoms with E-state index in [0.717, 1.165) is 19.5 Å². The molecular formula is C17H20BNO2. The molecule has 2 N–H and O–H groups in total. The zero-order valence-corrected chi connectivity index (χ0v) is 12.1. The Hall–Kier alpha value is -1.78. The van der Waals surface area contributed by atoms with E-state index in [2.05, 4.69) is 29.2 Å². The maximum Gasteiger partial charge on any atom is 0.488 e. The van der Waals surface area contributed by atoms with Gasteiger partial charge < -0.3 is 14.9 Å². The molecule has 0 aromatic heterocycles. The highest BCUT2D eigenvalue weighted by molar-refractivity contribution is 6.58. The molecule has 0 bridgehead atoms. The molecule has 0 spiro atoms. The first-order valence-electron chi connectivity index (χ1n) is 7.52. The van der Waals surface area contributed by atoms with Crippen LogP contribution in [0, 0.1) is 0 Å². The number of para-hydroxylation sites is 1. The van der Waals surface area contributed by atoms with Gasteiger partial charge in [-0.15, -0.1) is 0 Å². The summed E-state index contributed by atoms with van der Waals surface area (Å²) >= 11 is 0. The van der Waals surface area contributed by atoms with E-state index in [-0.39, 0.29) is 0 Å². The Morgan fingerprint density at radius 1 is 0.952 bits per heavy atom. The van der Waals surface area contributed by atoms with Gasteiger partial charge in [-0.2, -0.15) is 0 Å². The summed E-state index contributed by atoms with van der Waals surface area (Å²) in [5, 5.41) is 18.3. The second-order valence-electron chi connectivity index (χ2n) is 5.62. The molecule has 2 aromatic rings. The first kappa shape index (κ1) is 14.2. The van der Waals surface area contributed by atoms with Gasteiger partial charge in [-0.25, -0.2) is 0 Å². The predicted molar refractivity (Wildman–Crippen MR) is 86.7 cm³/mol. The third-order valence-corrected chi connectivity index (χ3v) is 4.11. The molecule has 0 fully saturated rings. The summed E-state index contributed by atoms with van der Waals surface area (Å²) in [6.07, 6.45) is 3.60. The van der Waals surface area contributed by atoms with Crippen LogP contribution in [0.5, 0.6) is 0 Å². The van der Waals surface area contributed by atoms with Crippen molar-refractivity contribution in [3.05, 3.63) is 59.7 Å². The van der Waals surface area contributed by atoms with Gasteiger partial charge in [0, 0.05) is 18.8 Å². The lowest BCUT2D eigenvalue weighted by atomic mass is 9.80. The summed E-state index contributed by atoms with van der Waals surface area (Å²) in [6, 6.07) is 16.1. The van der Waals surface area contributed by atoms with Crippen molar-refractivity contribution in [1.82, 2.24) is 0 Å². The van der Waals surface area contributed by atoms with Crippen LogP contribution >= 0.6 is 0 Å². The van der Waals surface area contributed by atoms with Crippen LogP contribution in [-0.2, 0) is 13.0 Å². The molecule has 108 valence electrons. The molecule has 0 radical (unpaired) electrons. The molecule has 1 aliphatic rings. The van der Waals surface area contributed by atoms with Crippen molar-refractivity contribution in [1.29, 1.82) is 0 Å². The second-order valence-corrected chi connectivity index (χ2v) is 5.62. The Bertz CT molecular complexity index is 598. The van der Waals surface area contributed by atoms with E-state index >= 15 is 0 Å². The highest BCUT2D eigenvalue weighted by Crippen LogP contribution is 2.27. The minimum atomic E-state index is -1.39. The zero-order valence-electron chi connectivity index (χ0n) is 12.1. The van der Waals surface area contributed by atoms with Crippen molar-refractivity contribution in [2.24, 2.45) is 0 Å². The molecule has 2 aromatic carbocycles. The highest BCUT2D eigenvalue weighted by Gasteiger charge is 2.15. The number of rotatable bonds is 3. The quantitative estimate of drug-likeness (QED) is 0.842. The van der Waals surface area contributed by atoms with E-state index in [0.29, 0.717) is 5.46 Å². The number of benzene rings is 2. The van der Waals surface area contributed by atoms with Crippen LogP contribution < -0.4 is 10.4 Å². The minimum absolute atomic E-state index is 0.537. The number of hydrogen-bond donors (Lipinski definition) is 2. The fourth-order valence-electron chi connectivity index (χ4n) is 2.95. The summed E-state index contributed by atoms with van der Waals surface area (Å²) in [5.41, 5.74) is 4.49. The number of fused-ring (bicyclic) bond motifs is 1. The predicted octanol–water partition coefficient (Wildman–Crippen LogP) is 1.71. The van der Waals surface area contributed by atoms with Gasteiger partial charge in [0.25, 0.3) is 0 Å². The van der Waals surface area contributed by atoms with Crippen LogP contribution in [0.25, 0.3) is 0 Å². The summed E-state index contributed by atoms with van der Waals surface area (Å²) < 4.78 is 0. The molecule has 0 saturated heterocycles. The van der Waals surface area contributed by atoms with Gasteiger partial charge in [-0.05, 0) is 41.9 Å². The smallest absolute Gasteiger partial charge is 0.423 e. The molecule has 0 unspecified atom stereocenters. The standard InChI is InChI=1S/C17H20BNO2/c20-18(21)16-10-8-14(9-11-16)13-19-12-4-3-6-15-5-1-2-7-17(15)19/h1-2,5,7-11,20-21H,3-4,6,12-13H2. The summed E-state index contributed by atoms with van der Waals surface area (Å²) in [4.78, 5) is 2.42. The van der Waals surface area contributed by atoms with Crippen LogP contribution in [0.15, 0.2) is 48.5 Å². The number of anilines is 1. The Balaban J connectivity index is 1.81. The fraction of sp³-hybridized carbons (Fsp3) is 0.294. The van der Waals surface area contributed by atoms with Gasteiger partial charge >= 0.3 is 7.12 Å². The zero-order chi connectivity index (χ0) is 14.7. The van der Waals surface area contributed by atoms with Crippen molar-refractivity contribution in [3.8, 4) is 0 Å². The molecule has 4 heteroatoms. The summed E-state index contributed by atoms with van der Waals surface area (Å²) in [5.74, 6) is 0. The lowest BCUT2D eigenvalue weighted by Crippen LogP contribution is -2.30. The molecule has 1 aliphatic heterocycles. The van der Waals surface area contributed by atoms with E-state index < -0.39 is 7.12 Å². The van der Waals surface area contributed by atoms with Crippen LogP contribution in [0.3, 0.4) is 0 Å². The first-order chi connectivity index (χ1) is 10.2. The molecule has 3 rings (SSSR count). The molecule has 21 heavy (non-hydrogen) atoms. The largest absolute Gasteiger partial charge is 0.488 e. The average molecular weight is 281 g/mol. The maximum atomic E-state index is 9.15. The van der Waals surface area contributed by atoms with Crippen LogP contribution in [0.1, 0.15) is 24.0 Å². The number of aryl methyl sites for hydroxylation is 1. The van der Waals surface area contributed by atoms with Crippen molar-refractivity contribution in [2.45, 2.75) is 25.8 Å². The van der Waals surface area contributed by atoms with E-state index in [4.69, 9.17) is 10.0 Å². The van der Waals surface area contributed by atoms with Crippen molar-refractivity contribution >= 4 is 18.3 Å². The van der Waals surface area contributed by atoms with Crippen molar-refractivity contribution in [2.75, 3.05) is 11.4 Å². The molecule has 0 saturated carbocycles. The lowest BCUT2D eigenvalue weighted by molar-refractivity contribution is 0.426. The summed E-state index contributed by atoms with van der Waals surface area (Å²) in [7, 11) is -1.39. The lowest BCUT2D eigenvalue weighted by Gasteiger charge is -2.25. The third-order valence-electron chi connectivity index (χ3n) is 4.11. The molecule has 3 nitrogen and oxygen atoms in total. The monoisotopic (exact) mass is 281 g/mol. The number of hydrogen-bond acceptors (Lipinski definition) is 3. The van der Waals surface area contributed by atoms with Gasteiger partial charge in [0.2, 0.25) is 0 Å². The summed E-state index contributed by atoms with van der Waals surface area (Å²) in [6.45, 7) is 1.93. The molecular weight excluding hydrogens is 261 g/mol. The van der Waals surface area contributed by atoms with Gasteiger partial charge in [0.1, 0.15) is 0 Å². The van der Waals surface area contributed by atoms with Gasteiger partial charge in [0.05, 0.1) is 0 Å². The third kappa shape index (κ3) is 3.28. The Morgan fingerprint density at radius 3 is 2.48 bits per heavy atom. The fourth-order valence-corrected chi connectivity index (χ4v) is 2.95. The van der Waals surface area contributed by atoms with Crippen molar-refractivity contribution < 1.29 is 10.0 Å². The minimum Gasteiger partial charge on any atom is -0.423 e. The highest BCUT2D eigenvalue weighted by atomic mass is 16.4. The van der Waals surface area contributed by atoms with Gasteiger partial charge in [-0.1, -0.05) is 42.5 Å². The van der Waals surface area contributed by atoms with Gasteiger partial charge in [-0.3, -0.25) is 0 Å². The molecule has 0 amide bonds. The SMILES string of the molecule is OB(O)c1ccc(CN2CCCCc3ccccc32)cc1. The topological polar surface area (TPSA) is 43.7 Å². The van der Waals surface area contributed by atoms with E-state index in [9.17, 15) is 0 Å². The number of nitrogens with zero attached hydrogens (tertiary/aromatic N) is 1. The second kappa shape index (κ2) is 6.33. The first-order valence-corrected chi connectivity index (χ1v) is 7.52. The van der Waals surface area contributed by atoms with Crippen molar-refractivity contribution in [3.63, 3.8) is 0 Å². The molecule has 0 aliphatic carbocycles. The van der Waals surface area contributed by atoms with Gasteiger partial charge in [0.15, 0.2) is 0 Å². The maximum absolute atomic E-state index is 9.15. The Morgan fingerprint density at radius 2 is 1.71 bits per heavy atom. The van der Waals surface area contributed by atoms with E-state index in [1.165, 1.54) is 29.7 Å². The molecule has 1 heterocycles. The average Bonchev–Trinajstić information content (AvgIpc) is 2.71. The van der Waals surface area contributed by atoms with Crippen LogP contribution in [0.2, 0.25) is 0 Å². The Kier molecular flexibility index (Phi) is 4.27. The van der Waals surface area contributed by atoms with Crippen LogP contribution in [-0.4, -0.2) is 23.7 Å². The normalized spacial score (nSPS) is 14.5. The van der Waals surface area contributed by atoms with E-state index in [1.807, 2.05) is 12.1 Å². The Labute approximate surface area is 126 Å².